The Morgan fingerprint density at radius 1 is 1.13 bits per heavy atom. The number of carboxylic acid groups (broad SMARTS) is 1. The molecule has 0 saturated heterocycles. The van der Waals surface area contributed by atoms with E-state index >= 15 is 0 Å². The van der Waals surface area contributed by atoms with Crippen molar-refractivity contribution >= 4 is 29.4 Å². The van der Waals surface area contributed by atoms with Crippen LogP contribution in [-0.2, 0) is 9.59 Å². The van der Waals surface area contributed by atoms with E-state index in [0.717, 1.165) is 0 Å². The predicted octanol–water partition coefficient (Wildman–Crippen LogP) is 0.768. The molecule has 5 N–H and O–H groups in total. The van der Waals surface area contributed by atoms with Crippen LogP contribution in [0.5, 0.6) is 0 Å². The zero-order chi connectivity index (χ0) is 17.2. The van der Waals surface area contributed by atoms with Gasteiger partial charge in [0.05, 0.1) is 6.04 Å². The molecule has 0 bridgehead atoms. The van der Waals surface area contributed by atoms with Gasteiger partial charge in [-0.15, -0.1) is 0 Å². The average Bonchev–Trinajstić information content (AvgIpc) is 2.52. The van der Waals surface area contributed by atoms with E-state index in [2.05, 4.69) is 10.6 Å². The van der Waals surface area contributed by atoms with Crippen molar-refractivity contribution in [2.24, 2.45) is 5.73 Å². The molecule has 0 radical (unpaired) electrons. The van der Waals surface area contributed by atoms with E-state index in [-0.39, 0.29) is 5.91 Å². The van der Waals surface area contributed by atoms with Crippen molar-refractivity contribution in [3.63, 3.8) is 0 Å². The summed E-state index contributed by atoms with van der Waals surface area (Å²) in [6.45, 7) is 0.0224. The molecule has 1 unspecified atom stereocenters. The predicted molar refractivity (Wildman–Crippen MR) is 86.3 cm³/mol. The summed E-state index contributed by atoms with van der Waals surface area (Å²) in [6.07, 6.45) is 1.73. The van der Waals surface area contributed by atoms with Crippen molar-refractivity contribution in [1.82, 2.24) is 10.6 Å². The van der Waals surface area contributed by atoms with Crippen LogP contribution in [0.1, 0.15) is 29.6 Å². The summed E-state index contributed by atoms with van der Waals surface area (Å²) >= 11 is 5.75. The first-order chi connectivity index (χ1) is 10.9. The van der Waals surface area contributed by atoms with Gasteiger partial charge in [0.25, 0.3) is 5.91 Å². The number of aliphatic carboxylic acids is 1. The highest BCUT2D eigenvalue weighted by atomic mass is 35.5. The molecule has 1 atom stereocenters. The van der Waals surface area contributed by atoms with Gasteiger partial charge < -0.3 is 21.5 Å². The van der Waals surface area contributed by atoms with Crippen molar-refractivity contribution in [2.45, 2.75) is 25.3 Å². The summed E-state index contributed by atoms with van der Waals surface area (Å²) in [5, 5.41) is 14.0. The minimum absolute atomic E-state index is 0.190. The quantitative estimate of drug-likeness (QED) is 0.494. The highest BCUT2D eigenvalue weighted by molar-refractivity contribution is 6.30. The van der Waals surface area contributed by atoms with Gasteiger partial charge in [-0.2, -0.15) is 0 Å². The van der Waals surface area contributed by atoms with Gasteiger partial charge in [-0.25, -0.2) is 0 Å². The fraction of sp³-hybridized carbons (Fsp3) is 0.400. The van der Waals surface area contributed by atoms with Crippen LogP contribution in [0.2, 0.25) is 5.02 Å². The van der Waals surface area contributed by atoms with Crippen molar-refractivity contribution < 1.29 is 19.5 Å². The molecule has 8 heteroatoms. The van der Waals surface area contributed by atoms with E-state index in [9.17, 15) is 14.4 Å². The first-order valence-corrected chi connectivity index (χ1v) is 7.57. The van der Waals surface area contributed by atoms with Gasteiger partial charge in [0.15, 0.2) is 0 Å². The van der Waals surface area contributed by atoms with Crippen molar-refractivity contribution in [1.29, 1.82) is 0 Å². The summed E-state index contributed by atoms with van der Waals surface area (Å²) < 4.78 is 0. The lowest BCUT2D eigenvalue weighted by Crippen LogP contribution is -2.42. The maximum atomic E-state index is 11.8. The lowest BCUT2D eigenvalue weighted by Gasteiger charge is -2.11. The Labute approximate surface area is 139 Å². The Bertz CT molecular complexity index is 548. The number of amides is 2. The third-order valence-electron chi connectivity index (χ3n) is 3.08. The van der Waals surface area contributed by atoms with E-state index in [0.29, 0.717) is 36.4 Å². The summed E-state index contributed by atoms with van der Waals surface area (Å²) in [4.78, 5) is 33.6. The molecule has 1 rings (SSSR count). The number of nitrogens with one attached hydrogen (secondary N) is 2. The van der Waals surface area contributed by atoms with Crippen LogP contribution in [0.25, 0.3) is 0 Å². The van der Waals surface area contributed by atoms with Crippen LogP contribution >= 0.6 is 11.6 Å². The highest BCUT2D eigenvalue weighted by Crippen LogP contribution is 2.09. The largest absolute Gasteiger partial charge is 0.480 e. The van der Waals surface area contributed by atoms with Crippen LogP contribution in [0.15, 0.2) is 24.3 Å². The minimum atomic E-state index is -1.12. The normalized spacial score (nSPS) is 11.6. The molecular weight excluding hydrogens is 322 g/mol. The van der Waals surface area contributed by atoms with Crippen LogP contribution in [0.4, 0.5) is 0 Å². The Balaban J connectivity index is 2.17. The number of carbonyl (C=O) groups is 3. The van der Waals surface area contributed by atoms with Crippen LogP contribution in [0, 0.1) is 0 Å². The third-order valence-corrected chi connectivity index (χ3v) is 3.34. The maximum absolute atomic E-state index is 11.8. The van der Waals surface area contributed by atoms with E-state index < -0.39 is 24.5 Å². The van der Waals surface area contributed by atoms with Crippen molar-refractivity contribution in [3.8, 4) is 0 Å². The second kappa shape index (κ2) is 9.81. The van der Waals surface area contributed by atoms with E-state index in [1.54, 1.807) is 24.3 Å². The molecule has 0 fully saturated rings. The number of carbonyl (C=O) groups excluding carboxylic acids is 2. The number of unbranched alkanes of at least 4 members (excludes halogenated alkanes) is 1. The van der Waals surface area contributed by atoms with Gasteiger partial charge >= 0.3 is 5.97 Å². The SMILES string of the molecule is NC(CCCCNC(=O)c1ccc(Cl)cc1)C(=O)NCC(=O)O. The molecular formula is C15H20ClN3O4. The second-order valence-electron chi connectivity index (χ2n) is 4.98. The second-order valence-corrected chi connectivity index (χ2v) is 5.41. The zero-order valence-electron chi connectivity index (χ0n) is 12.5. The Morgan fingerprint density at radius 2 is 1.78 bits per heavy atom. The van der Waals surface area contributed by atoms with Crippen LogP contribution < -0.4 is 16.4 Å². The third kappa shape index (κ3) is 7.62. The topological polar surface area (TPSA) is 122 Å². The number of hydrogen-bond donors (Lipinski definition) is 4. The minimum Gasteiger partial charge on any atom is -0.480 e. The summed E-state index contributed by atoms with van der Waals surface area (Å²) in [5.41, 5.74) is 6.17. The monoisotopic (exact) mass is 341 g/mol. The van der Waals surface area contributed by atoms with Crippen LogP contribution in [0.3, 0.4) is 0 Å². The molecule has 0 saturated carbocycles. The Kier molecular flexibility index (Phi) is 8.07. The molecule has 1 aromatic rings. The standard InChI is InChI=1S/C15H20ClN3O4/c16-11-6-4-10(5-7-11)14(22)18-8-2-1-3-12(17)15(23)19-9-13(20)21/h4-7,12H,1-3,8-9,17H2,(H,18,22)(H,19,23)(H,20,21). The molecule has 0 aromatic heterocycles. The number of benzene rings is 1. The molecule has 0 spiro atoms. The molecule has 126 valence electrons. The van der Waals surface area contributed by atoms with Gasteiger partial charge in [-0.1, -0.05) is 11.6 Å². The molecule has 0 aliphatic heterocycles. The van der Waals surface area contributed by atoms with Gasteiger partial charge in [-0.3, -0.25) is 14.4 Å². The van der Waals surface area contributed by atoms with E-state index in [4.69, 9.17) is 22.4 Å². The molecule has 1 aromatic carbocycles. The zero-order valence-corrected chi connectivity index (χ0v) is 13.3. The lowest BCUT2D eigenvalue weighted by atomic mass is 10.1. The first-order valence-electron chi connectivity index (χ1n) is 7.19. The molecule has 23 heavy (non-hydrogen) atoms. The Hall–Kier alpha value is -2.12. The number of halogens is 1. The van der Waals surface area contributed by atoms with E-state index in [1.165, 1.54) is 0 Å². The Morgan fingerprint density at radius 3 is 2.39 bits per heavy atom. The first kappa shape index (κ1) is 18.9. The van der Waals surface area contributed by atoms with E-state index in [1.807, 2.05) is 0 Å². The van der Waals surface area contributed by atoms with Crippen molar-refractivity contribution in [3.05, 3.63) is 34.9 Å². The number of rotatable bonds is 9. The average molecular weight is 342 g/mol. The van der Waals surface area contributed by atoms with Gasteiger partial charge in [0.2, 0.25) is 5.91 Å². The number of carboxylic acids is 1. The fourth-order valence-corrected chi connectivity index (χ4v) is 1.95. The van der Waals surface area contributed by atoms with Gasteiger partial charge in [0.1, 0.15) is 6.54 Å². The van der Waals surface area contributed by atoms with Gasteiger partial charge in [-0.05, 0) is 43.5 Å². The summed E-state index contributed by atoms with van der Waals surface area (Å²) in [6, 6.07) is 5.82. The molecule has 0 aliphatic carbocycles. The lowest BCUT2D eigenvalue weighted by molar-refractivity contribution is -0.138. The molecule has 0 heterocycles. The number of nitrogens with two attached hydrogens (primary N) is 1. The summed E-state index contributed by atoms with van der Waals surface area (Å²) in [5.74, 6) is -1.79. The number of hydrogen-bond acceptors (Lipinski definition) is 4. The fourth-order valence-electron chi connectivity index (χ4n) is 1.82. The molecule has 7 nitrogen and oxygen atoms in total. The molecule has 0 aliphatic rings. The highest BCUT2D eigenvalue weighted by Gasteiger charge is 2.13. The molecule has 2 amide bonds. The van der Waals surface area contributed by atoms with Gasteiger partial charge in [0, 0.05) is 17.1 Å². The van der Waals surface area contributed by atoms with Crippen LogP contribution in [-0.4, -0.2) is 42.0 Å². The maximum Gasteiger partial charge on any atom is 0.322 e. The smallest absolute Gasteiger partial charge is 0.322 e. The summed E-state index contributed by atoms with van der Waals surface area (Å²) in [7, 11) is 0. The van der Waals surface area contributed by atoms with Crippen molar-refractivity contribution in [2.75, 3.05) is 13.1 Å².